The molecule has 0 radical (unpaired) electrons. The normalized spacial score (nSPS) is 10.6. The smallest absolute Gasteiger partial charge is 0.164 e. The molecule has 0 unspecified atom stereocenters. The van der Waals surface area contributed by atoms with E-state index in [2.05, 4.69) is 15.9 Å². The second-order valence-electron chi connectivity index (χ2n) is 4.08. The number of ketones is 1. The molecule has 2 rings (SSSR count). The molecule has 0 spiro atoms. The van der Waals surface area contributed by atoms with Crippen LogP contribution in [-0.4, -0.2) is 10.4 Å². The molecular weight excluding hydrogens is 314 g/mol. The maximum Gasteiger partial charge on any atom is 0.164 e. The van der Waals surface area contributed by atoms with E-state index >= 15 is 0 Å². The number of carbonyl (C=O) groups is 1. The molecule has 0 fully saturated rings. The Morgan fingerprint density at radius 1 is 1.39 bits per heavy atom. The summed E-state index contributed by atoms with van der Waals surface area (Å²) in [6.07, 6.45) is 4.30. The molecule has 1 aromatic heterocycles. The molecule has 0 atom stereocenters. The minimum Gasteiger partial charge on any atom is -0.349 e. The fourth-order valence-electron chi connectivity index (χ4n) is 1.75. The van der Waals surface area contributed by atoms with Crippen LogP contribution in [0, 0.1) is 0 Å². The summed E-state index contributed by atoms with van der Waals surface area (Å²) in [7, 11) is 0. The molecular formula is C14H13BrClNO. The number of aromatic nitrogens is 1. The topological polar surface area (TPSA) is 22.0 Å². The van der Waals surface area contributed by atoms with Gasteiger partial charge in [-0.05, 0) is 23.8 Å². The van der Waals surface area contributed by atoms with E-state index in [1.807, 2.05) is 48.1 Å². The molecule has 2 aromatic rings. The van der Waals surface area contributed by atoms with Crippen LogP contribution in [-0.2, 0) is 6.54 Å². The number of rotatable bonds is 4. The molecule has 0 aliphatic rings. The van der Waals surface area contributed by atoms with E-state index in [9.17, 15) is 4.79 Å². The van der Waals surface area contributed by atoms with E-state index < -0.39 is 0 Å². The van der Waals surface area contributed by atoms with E-state index in [1.165, 1.54) is 0 Å². The van der Waals surface area contributed by atoms with Crippen LogP contribution < -0.4 is 0 Å². The number of nitrogens with zero attached hydrogens (tertiary/aromatic N) is 1. The highest BCUT2D eigenvalue weighted by atomic mass is 79.9. The van der Waals surface area contributed by atoms with Gasteiger partial charge >= 0.3 is 0 Å². The van der Waals surface area contributed by atoms with Gasteiger partial charge in [0.2, 0.25) is 0 Å². The molecule has 0 bridgehead atoms. The Bertz CT molecular complexity index is 577. The highest BCUT2D eigenvalue weighted by Gasteiger charge is 2.06. The van der Waals surface area contributed by atoms with Crippen LogP contribution in [0.25, 0.3) is 0 Å². The first-order chi connectivity index (χ1) is 8.60. The van der Waals surface area contributed by atoms with Crippen LogP contribution in [0.5, 0.6) is 0 Å². The maximum absolute atomic E-state index is 11.5. The van der Waals surface area contributed by atoms with Crippen molar-refractivity contribution in [3.05, 3.63) is 57.3 Å². The zero-order valence-corrected chi connectivity index (χ0v) is 12.3. The molecule has 94 valence electrons. The number of Topliss-reactive ketones (excluding diaryl/α,β-unsaturated/α-hetero) is 1. The molecule has 1 heterocycles. The Morgan fingerprint density at radius 2 is 2.17 bits per heavy atom. The van der Waals surface area contributed by atoms with Crippen molar-refractivity contribution in [2.75, 3.05) is 0 Å². The van der Waals surface area contributed by atoms with Crippen molar-refractivity contribution in [3.8, 4) is 0 Å². The van der Waals surface area contributed by atoms with Gasteiger partial charge in [-0.25, -0.2) is 0 Å². The monoisotopic (exact) mass is 325 g/mol. The van der Waals surface area contributed by atoms with Gasteiger partial charge in [-0.1, -0.05) is 40.5 Å². The van der Waals surface area contributed by atoms with Crippen LogP contribution in [0.3, 0.4) is 0 Å². The summed E-state index contributed by atoms with van der Waals surface area (Å²) in [5.74, 6) is 0.163. The molecule has 0 saturated heterocycles. The Morgan fingerprint density at radius 3 is 2.83 bits per heavy atom. The summed E-state index contributed by atoms with van der Waals surface area (Å²) >= 11 is 9.54. The third-order valence-corrected chi connectivity index (χ3v) is 3.61. The van der Waals surface area contributed by atoms with Gasteiger partial charge in [-0.2, -0.15) is 0 Å². The highest BCUT2D eigenvalue weighted by molar-refractivity contribution is 9.10. The summed E-state index contributed by atoms with van der Waals surface area (Å²) < 4.78 is 2.93. The van der Waals surface area contributed by atoms with Crippen molar-refractivity contribution < 1.29 is 4.79 Å². The van der Waals surface area contributed by atoms with Crippen molar-refractivity contribution in [1.82, 2.24) is 4.57 Å². The number of hydrogen-bond donors (Lipinski definition) is 0. The van der Waals surface area contributed by atoms with E-state index in [-0.39, 0.29) is 5.78 Å². The number of hydrogen-bond acceptors (Lipinski definition) is 1. The first-order valence-corrected chi connectivity index (χ1v) is 6.90. The van der Waals surface area contributed by atoms with E-state index in [1.54, 1.807) is 0 Å². The molecule has 0 amide bonds. The maximum atomic E-state index is 11.5. The summed E-state index contributed by atoms with van der Waals surface area (Å²) in [4.78, 5) is 11.5. The summed E-state index contributed by atoms with van der Waals surface area (Å²) in [5, 5.41) is 0.724. The lowest BCUT2D eigenvalue weighted by Gasteiger charge is -2.06. The predicted octanol–water partition coefficient (Wildman–Crippen LogP) is 4.55. The highest BCUT2D eigenvalue weighted by Crippen LogP contribution is 2.22. The minimum absolute atomic E-state index is 0.163. The Labute approximate surface area is 120 Å². The Balaban J connectivity index is 2.18. The fraction of sp³-hybridized carbons (Fsp3) is 0.214. The van der Waals surface area contributed by atoms with Crippen LogP contribution in [0.2, 0.25) is 5.02 Å². The van der Waals surface area contributed by atoms with Crippen LogP contribution in [0.4, 0.5) is 0 Å². The first kappa shape index (κ1) is 13.4. The number of carbonyl (C=O) groups excluding carboxylic acids is 1. The fourth-order valence-corrected chi connectivity index (χ4v) is 2.49. The lowest BCUT2D eigenvalue weighted by atomic mass is 10.2. The zero-order chi connectivity index (χ0) is 13.1. The SMILES string of the molecule is CCC(=O)c1ccn(Cc2ccc(Br)cc2Cl)c1. The predicted molar refractivity (Wildman–Crippen MR) is 77.3 cm³/mol. The third kappa shape index (κ3) is 3.03. The van der Waals surface area contributed by atoms with E-state index in [4.69, 9.17) is 11.6 Å². The van der Waals surface area contributed by atoms with Crippen molar-refractivity contribution in [1.29, 1.82) is 0 Å². The molecule has 0 aliphatic carbocycles. The van der Waals surface area contributed by atoms with Gasteiger partial charge in [-0.3, -0.25) is 4.79 Å². The molecule has 0 aliphatic heterocycles. The van der Waals surface area contributed by atoms with Crippen LogP contribution in [0.1, 0.15) is 29.3 Å². The van der Waals surface area contributed by atoms with Gasteiger partial charge < -0.3 is 4.57 Å². The van der Waals surface area contributed by atoms with Gasteiger partial charge in [0.15, 0.2) is 5.78 Å². The summed E-state index contributed by atoms with van der Waals surface area (Å²) in [5.41, 5.74) is 1.79. The molecule has 0 saturated carbocycles. The molecule has 2 nitrogen and oxygen atoms in total. The molecule has 4 heteroatoms. The number of benzene rings is 1. The van der Waals surface area contributed by atoms with Gasteiger partial charge in [0.25, 0.3) is 0 Å². The minimum atomic E-state index is 0.163. The lowest BCUT2D eigenvalue weighted by molar-refractivity contribution is 0.0988. The largest absolute Gasteiger partial charge is 0.349 e. The molecule has 18 heavy (non-hydrogen) atoms. The third-order valence-electron chi connectivity index (χ3n) is 2.76. The zero-order valence-electron chi connectivity index (χ0n) is 9.99. The van der Waals surface area contributed by atoms with Gasteiger partial charge in [0.05, 0.1) is 0 Å². The lowest BCUT2D eigenvalue weighted by Crippen LogP contribution is -1.98. The molecule has 1 aromatic carbocycles. The summed E-state index contributed by atoms with van der Waals surface area (Å²) in [6, 6.07) is 7.66. The second-order valence-corrected chi connectivity index (χ2v) is 5.41. The standard InChI is InChI=1S/C14H13BrClNO/c1-2-14(18)11-5-6-17(9-11)8-10-3-4-12(15)7-13(10)16/h3-7,9H,2,8H2,1H3. The quantitative estimate of drug-likeness (QED) is 0.756. The van der Waals surface area contributed by atoms with Gasteiger partial charge in [-0.15, -0.1) is 0 Å². The average molecular weight is 327 g/mol. The van der Waals surface area contributed by atoms with Crippen molar-refractivity contribution in [3.63, 3.8) is 0 Å². The van der Waals surface area contributed by atoms with Crippen LogP contribution in [0.15, 0.2) is 41.1 Å². The summed E-state index contributed by atoms with van der Waals surface area (Å²) in [6.45, 7) is 2.54. The first-order valence-electron chi connectivity index (χ1n) is 5.73. The van der Waals surface area contributed by atoms with Crippen LogP contribution >= 0.6 is 27.5 Å². The average Bonchev–Trinajstić information content (AvgIpc) is 2.80. The Kier molecular flexibility index (Phi) is 4.25. The van der Waals surface area contributed by atoms with Gasteiger partial charge in [0, 0.05) is 40.4 Å². The van der Waals surface area contributed by atoms with Crippen molar-refractivity contribution >= 4 is 33.3 Å². The Hall–Kier alpha value is -1.06. The number of halogens is 2. The van der Waals surface area contributed by atoms with E-state index in [0.29, 0.717) is 13.0 Å². The van der Waals surface area contributed by atoms with Crippen molar-refractivity contribution in [2.45, 2.75) is 19.9 Å². The molecule has 0 N–H and O–H groups in total. The second kappa shape index (κ2) is 5.72. The van der Waals surface area contributed by atoms with Crippen molar-refractivity contribution in [2.24, 2.45) is 0 Å². The van der Waals surface area contributed by atoms with E-state index in [0.717, 1.165) is 20.6 Å². The van der Waals surface area contributed by atoms with Gasteiger partial charge in [0.1, 0.15) is 0 Å².